The van der Waals surface area contributed by atoms with Crippen LogP contribution in [0, 0.1) is 28.6 Å². The van der Waals surface area contributed by atoms with Gasteiger partial charge in [0.2, 0.25) is 0 Å². The summed E-state index contributed by atoms with van der Waals surface area (Å²) in [5.41, 5.74) is 1.98. The number of carbonyl (C=O) groups is 1. The van der Waals surface area contributed by atoms with Crippen LogP contribution in [0.1, 0.15) is 12.8 Å². The number of halogens is 1. The molecule has 150 valence electrons. The van der Waals surface area contributed by atoms with Gasteiger partial charge in [-0.3, -0.25) is 4.90 Å². The SMILES string of the molecule is C=CCN(C#N)C[C@H]1CN(c2ccc(N3CCC(=CC#N)CC3)c(F)c2)C(=O)O1. The molecule has 0 bridgehead atoms. The molecule has 2 saturated heterocycles. The number of hydrogen-bond acceptors (Lipinski definition) is 6. The normalized spacial score (nSPS) is 18.7. The molecular weight excluding hydrogens is 373 g/mol. The van der Waals surface area contributed by atoms with E-state index in [0.717, 1.165) is 18.4 Å². The summed E-state index contributed by atoms with van der Waals surface area (Å²) in [5, 5.41) is 17.8. The minimum atomic E-state index is -0.553. The summed E-state index contributed by atoms with van der Waals surface area (Å²) in [6, 6.07) is 6.75. The van der Waals surface area contributed by atoms with Gasteiger partial charge in [0, 0.05) is 25.7 Å². The molecule has 2 aliphatic heterocycles. The fraction of sp³-hybridized carbons (Fsp3) is 0.381. The Balaban J connectivity index is 1.67. The molecule has 0 aromatic heterocycles. The quantitative estimate of drug-likeness (QED) is 0.318. The van der Waals surface area contributed by atoms with Gasteiger partial charge in [0.05, 0.1) is 30.5 Å². The van der Waals surface area contributed by atoms with Crippen molar-refractivity contribution in [2.24, 2.45) is 0 Å². The van der Waals surface area contributed by atoms with E-state index in [1.54, 1.807) is 24.3 Å². The number of nitriles is 2. The molecule has 0 saturated carbocycles. The number of allylic oxidation sites excluding steroid dienone is 1. The van der Waals surface area contributed by atoms with Crippen LogP contribution in [0.3, 0.4) is 0 Å². The lowest BCUT2D eigenvalue weighted by atomic mass is 10.0. The lowest BCUT2D eigenvalue weighted by Crippen LogP contribution is -2.32. The Labute approximate surface area is 169 Å². The summed E-state index contributed by atoms with van der Waals surface area (Å²) < 4.78 is 20.1. The molecule has 1 aromatic rings. The first kappa shape index (κ1) is 20.2. The number of hydrogen-bond donors (Lipinski definition) is 0. The number of anilines is 2. The Morgan fingerprint density at radius 1 is 1.34 bits per heavy atom. The molecule has 8 heteroatoms. The van der Waals surface area contributed by atoms with Gasteiger partial charge in [0.1, 0.15) is 11.9 Å². The van der Waals surface area contributed by atoms with Crippen LogP contribution in [0.5, 0.6) is 0 Å². The Morgan fingerprint density at radius 3 is 2.72 bits per heavy atom. The molecule has 0 unspecified atom stereocenters. The van der Waals surface area contributed by atoms with E-state index in [0.29, 0.717) is 31.0 Å². The van der Waals surface area contributed by atoms with Crippen molar-refractivity contribution in [2.45, 2.75) is 18.9 Å². The third kappa shape index (κ3) is 4.67. The van der Waals surface area contributed by atoms with Gasteiger partial charge in [-0.05, 0) is 31.0 Å². The molecule has 29 heavy (non-hydrogen) atoms. The first-order valence-corrected chi connectivity index (χ1v) is 9.41. The zero-order valence-electron chi connectivity index (χ0n) is 16.1. The molecule has 3 rings (SSSR count). The zero-order valence-corrected chi connectivity index (χ0v) is 16.1. The van der Waals surface area contributed by atoms with Crippen LogP contribution >= 0.6 is 0 Å². The highest BCUT2D eigenvalue weighted by atomic mass is 19.1. The summed E-state index contributed by atoms with van der Waals surface area (Å²) in [6.45, 7) is 5.76. The van der Waals surface area contributed by atoms with Crippen LogP contribution in [0.25, 0.3) is 0 Å². The van der Waals surface area contributed by atoms with Crippen molar-refractivity contribution in [2.75, 3.05) is 42.5 Å². The number of carbonyl (C=O) groups excluding carboxylic acids is 1. The van der Waals surface area contributed by atoms with Gasteiger partial charge in [-0.2, -0.15) is 10.5 Å². The van der Waals surface area contributed by atoms with E-state index in [1.165, 1.54) is 15.9 Å². The molecular formula is C21H22FN5O2. The van der Waals surface area contributed by atoms with Gasteiger partial charge < -0.3 is 14.5 Å². The molecule has 2 fully saturated rings. The molecule has 0 radical (unpaired) electrons. The Bertz CT molecular complexity index is 891. The van der Waals surface area contributed by atoms with Crippen LogP contribution < -0.4 is 9.80 Å². The van der Waals surface area contributed by atoms with E-state index in [-0.39, 0.29) is 13.1 Å². The van der Waals surface area contributed by atoms with Crippen LogP contribution in [0.2, 0.25) is 0 Å². The Morgan fingerprint density at radius 2 is 2.10 bits per heavy atom. The maximum absolute atomic E-state index is 14.8. The summed E-state index contributed by atoms with van der Waals surface area (Å²) in [7, 11) is 0. The lowest BCUT2D eigenvalue weighted by molar-refractivity contribution is 0.126. The smallest absolute Gasteiger partial charge is 0.414 e. The summed E-state index contributed by atoms with van der Waals surface area (Å²) in [6.07, 6.45) is 5.63. The zero-order chi connectivity index (χ0) is 20.8. The third-order valence-corrected chi connectivity index (χ3v) is 5.05. The number of nitrogens with zero attached hydrogens (tertiary/aromatic N) is 5. The van der Waals surface area contributed by atoms with Gasteiger partial charge >= 0.3 is 6.09 Å². The van der Waals surface area contributed by atoms with Crippen LogP contribution in [-0.2, 0) is 4.74 Å². The van der Waals surface area contributed by atoms with Crippen LogP contribution in [0.4, 0.5) is 20.6 Å². The average molecular weight is 395 g/mol. The summed E-state index contributed by atoms with van der Waals surface area (Å²) in [4.78, 5) is 17.0. The first-order valence-electron chi connectivity index (χ1n) is 9.41. The first-order chi connectivity index (χ1) is 14.0. The number of benzene rings is 1. The van der Waals surface area contributed by atoms with E-state index in [4.69, 9.17) is 15.3 Å². The number of piperidine rings is 1. The maximum atomic E-state index is 14.8. The second kappa shape index (κ2) is 9.11. The molecule has 7 nitrogen and oxygen atoms in total. The largest absolute Gasteiger partial charge is 0.442 e. The van der Waals surface area contributed by atoms with E-state index in [9.17, 15) is 9.18 Å². The van der Waals surface area contributed by atoms with Gasteiger partial charge in [0.25, 0.3) is 0 Å². The van der Waals surface area contributed by atoms with Gasteiger partial charge in [-0.25, -0.2) is 9.18 Å². The fourth-order valence-corrected chi connectivity index (χ4v) is 3.58. The summed E-state index contributed by atoms with van der Waals surface area (Å²) in [5.74, 6) is -0.406. The molecule has 1 aromatic carbocycles. The minimum Gasteiger partial charge on any atom is -0.442 e. The Kier molecular flexibility index (Phi) is 6.36. The van der Waals surface area contributed by atoms with Crippen molar-refractivity contribution in [3.63, 3.8) is 0 Å². The van der Waals surface area contributed by atoms with Crippen molar-refractivity contribution in [1.29, 1.82) is 10.5 Å². The number of cyclic esters (lactones) is 1. The number of ether oxygens (including phenoxy) is 1. The van der Waals surface area contributed by atoms with Crippen molar-refractivity contribution < 1.29 is 13.9 Å². The highest BCUT2D eigenvalue weighted by Gasteiger charge is 2.34. The molecule has 0 aliphatic carbocycles. The van der Waals surface area contributed by atoms with Gasteiger partial charge in [0.15, 0.2) is 6.19 Å². The van der Waals surface area contributed by atoms with Gasteiger partial charge in [-0.1, -0.05) is 11.6 Å². The lowest BCUT2D eigenvalue weighted by Gasteiger charge is -2.30. The van der Waals surface area contributed by atoms with E-state index in [2.05, 4.69) is 6.58 Å². The molecule has 1 atom stereocenters. The number of amides is 1. The van der Waals surface area contributed by atoms with Crippen molar-refractivity contribution in [3.05, 3.63) is 48.3 Å². The second-order valence-corrected chi connectivity index (χ2v) is 6.96. The molecule has 0 N–H and O–H groups in total. The minimum absolute atomic E-state index is 0.249. The molecule has 0 spiro atoms. The average Bonchev–Trinajstić information content (AvgIpc) is 3.08. The Hall–Kier alpha value is -3.52. The van der Waals surface area contributed by atoms with Crippen molar-refractivity contribution in [1.82, 2.24) is 4.90 Å². The standard InChI is InChI=1S/C21H22FN5O2/c1-2-9-25(15-24)13-18-14-27(21(28)29-18)17-3-4-20(19(22)12-17)26-10-6-16(5-8-23)7-11-26/h2-5,12,18H,1,6-7,9-11,13-14H2/t18-/m0/s1. The molecule has 1 amide bonds. The number of rotatable bonds is 6. The fourth-order valence-electron chi connectivity index (χ4n) is 3.58. The van der Waals surface area contributed by atoms with Crippen molar-refractivity contribution in [3.8, 4) is 12.3 Å². The van der Waals surface area contributed by atoms with Crippen LogP contribution in [0.15, 0.2) is 42.5 Å². The van der Waals surface area contributed by atoms with E-state index in [1.807, 2.05) is 17.2 Å². The van der Waals surface area contributed by atoms with E-state index >= 15 is 0 Å². The van der Waals surface area contributed by atoms with Crippen LogP contribution in [-0.4, -0.2) is 49.8 Å². The summed E-state index contributed by atoms with van der Waals surface area (Å²) >= 11 is 0. The van der Waals surface area contributed by atoms with E-state index < -0.39 is 18.0 Å². The monoisotopic (exact) mass is 395 g/mol. The highest BCUT2D eigenvalue weighted by molar-refractivity contribution is 5.90. The third-order valence-electron chi connectivity index (χ3n) is 5.05. The van der Waals surface area contributed by atoms with Crippen molar-refractivity contribution >= 4 is 17.5 Å². The highest BCUT2D eigenvalue weighted by Crippen LogP contribution is 2.30. The second-order valence-electron chi connectivity index (χ2n) is 6.96. The molecule has 2 heterocycles. The van der Waals surface area contributed by atoms with Gasteiger partial charge in [-0.15, -0.1) is 6.58 Å². The molecule has 2 aliphatic rings. The predicted molar refractivity (Wildman–Crippen MR) is 107 cm³/mol. The topological polar surface area (TPSA) is 83.6 Å². The maximum Gasteiger partial charge on any atom is 0.414 e. The predicted octanol–water partition coefficient (Wildman–Crippen LogP) is 3.17.